The van der Waals surface area contributed by atoms with E-state index in [2.05, 4.69) is 11.9 Å². The van der Waals surface area contributed by atoms with E-state index in [1.165, 1.54) is 40.7 Å². The van der Waals surface area contributed by atoms with Gasteiger partial charge in [0.2, 0.25) is 5.91 Å². The Morgan fingerprint density at radius 2 is 1.96 bits per heavy atom. The van der Waals surface area contributed by atoms with E-state index in [1.807, 2.05) is 11.9 Å². The second kappa shape index (κ2) is 7.74. The summed E-state index contributed by atoms with van der Waals surface area (Å²) in [5.74, 6) is 0.770. The van der Waals surface area contributed by atoms with Gasteiger partial charge in [0.05, 0.1) is 11.7 Å². The highest BCUT2D eigenvalue weighted by molar-refractivity contribution is 7.18. The van der Waals surface area contributed by atoms with E-state index in [-0.39, 0.29) is 18.0 Å². The average Bonchev–Trinajstić information content (AvgIpc) is 2.86. The van der Waals surface area contributed by atoms with Gasteiger partial charge < -0.3 is 4.90 Å². The molecule has 0 unspecified atom stereocenters. The number of aromatic nitrogens is 2. The zero-order valence-corrected chi connectivity index (χ0v) is 17.2. The van der Waals surface area contributed by atoms with Crippen LogP contribution in [0.2, 0.25) is 0 Å². The van der Waals surface area contributed by atoms with E-state index >= 15 is 0 Å². The van der Waals surface area contributed by atoms with E-state index in [9.17, 15) is 9.59 Å². The fraction of sp³-hybridized carbons (Fsp3) is 0.667. The Morgan fingerprint density at radius 3 is 2.74 bits per heavy atom. The largest absolute Gasteiger partial charge is 0.341 e. The highest BCUT2D eigenvalue weighted by Crippen LogP contribution is 2.32. The maximum Gasteiger partial charge on any atom is 0.262 e. The number of hydrogen-bond donors (Lipinski definition) is 0. The zero-order chi connectivity index (χ0) is 19.0. The number of likely N-dealkylation sites (N-methyl/N-ethyl adjacent to an activating group) is 1. The van der Waals surface area contributed by atoms with Gasteiger partial charge in [-0.05, 0) is 62.8 Å². The Hall–Kier alpha value is -1.69. The molecule has 2 aliphatic carbocycles. The van der Waals surface area contributed by atoms with Crippen LogP contribution in [0.3, 0.4) is 0 Å². The molecule has 0 spiro atoms. The quantitative estimate of drug-likeness (QED) is 0.754. The smallest absolute Gasteiger partial charge is 0.262 e. The topological polar surface area (TPSA) is 55.2 Å². The van der Waals surface area contributed by atoms with Gasteiger partial charge in [-0.2, -0.15) is 0 Å². The van der Waals surface area contributed by atoms with Crippen molar-refractivity contribution in [3.05, 3.63) is 27.1 Å². The third-order valence-electron chi connectivity index (χ3n) is 6.42. The number of nitrogens with zero attached hydrogens (tertiary/aromatic N) is 3. The minimum absolute atomic E-state index is 0.0131. The summed E-state index contributed by atoms with van der Waals surface area (Å²) in [7, 11) is 1.89. The van der Waals surface area contributed by atoms with Crippen molar-refractivity contribution in [2.24, 2.45) is 5.92 Å². The monoisotopic (exact) mass is 387 g/mol. The molecule has 0 radical (unpaired) electrons. The summed E-state index contributed by atoms with van der Waals surface area (Å²) in [5.41, 5.74) is 1.15. The van der Waals surface area contributed by atoms with Crippen molar-refractivity contribution in [1.29, 1.82) is 0 Å². The lowest BCUT2D eigenvalue weighted by molar-refractivity contribution is -0.133. The molecule has 1 saturated carbocycles. The van der Waals surface area contributed by atoms with Crippen LogP contribution in [0.15, 0.2) is 11.1 Å². The molecule has 0 aromatic carbocycles. The number of thiophene rings is 1. The normalized spacial score (nSPS) is 23.0. The Bertz CT molecular complexity index is 893. The number of carbonyl (C=O) groups is 1. The van der Waals surface area contributed by atoms with Gasteiger partial charge in [0, 0.05) is 18.0 Å². The van der Waals surface area contributed by atoms with Crippen molar-refractivity contribution in [2.75, 3.05) is 7.05 Å². The van der Waals surface area contributed by atoms with E-state index in [0.717, 1.165) is 48.2 Å². The van der Waals surface area contributed by atoms with Gasteiger partial charge in [0.15, 0.2) is 0 Å². The van der Waals surface area contributed by atoms with Crippen molar-refractivity contribution in [3.8, 4) is 0 Å². The first kappa shape index (κ1) is 18.7. The van der Waals surface area contributed by atoms with Crippen LogP contribution in [0.4, 0.5) is 0 Å². The molecule has 2 aliphatic rings. The molecular weight excluding hydrogens is 358 g/mol. The fourth-order valence-corrected chi connectivity index (χ4v) is 5.78. The van der Waals surface area contributed by atoms with Gasteiger partial charge in [-0.1, -0.05) is 13.3 Å². The predicted octanol–water partition coefficient (Wildman–Crippen LogP) is 3.76. The van der Waals surface area contributed by atoms with Crippen molar-refractivity contribution in [3.63, 3.8) is 0 Å². The number of hydrogen-bond acceptors (Lipinski definition) is 4. The number of amides is 1. The molecule has 0 N–H and O–H groups in total. The van der Waals surface area contributed by atoms with Crippen LogP contribution >= 0.6 is 11.3 Å². The third-order valence-corrected chi connectivity index (χ3v) is 7.62. The third kappa shape index (κ3) is 3.68. The van der Waals surface area contributed by atoms with Gasteiger partial charge in [0.1, 0.15) is 11.4 Å². The lowest BCUT2D eigenvalue weighted by Gasteiger charge is -2.33. The van der Waals surface area contributed by atoms with Crippen molar-refractivity contribution in [2.45, 2.75) is 77.3 Å². The van der Waals surface area contributed by atoms with E-state index in [4.69, 9.17) is 0 Å². The van der Waals surface area contributed by atoms with Gasteiger partial charge >= 0.3 is 0 Å². The minimum atomic E-state index is -0.0431. The van der Waals surface area contributed by atoms with Gasteiger partial charge in [0.25, 0.3) is 5.56 Å². The summed E-state index contributed by atoms with van der Waals surface area (Å²) < 4.78 is 1.52. The first-order valence-electron chi connectivity index (χ1n) is 10.3. The SMILES string of the molecule is CC1CCC(N(C)C(=O)Cn2cnc3sc4c(c3c2=O)CCCCC4)CC1. The molecular formula is C21H29N3O2S. The number of fused-ring (bicyclic) bond motifs is 3. The first-order chi connectivity index (χ1) is 13.0. The molecule has 1 fully saturated rings. The molecule has 2 aromatic heterocycles. The number of aryl methyl sites for hydroxylation is 2. The Labute approximate surface area is 164 Å². The average molecular weight is 388 g/mol. The Morgan fingerprint density at radius 1 is 1.22 bits per heavy atom. The van der Waals surface area contributed by atoms with E-state index in [1.54, 1.807) is 17.7 Å². The molecule has 0 saturated heterocycles. The maximum absolute atomic E-state index is 13.1. The zero-order valence-electron chi connectivity index (χ0n) is 16.4. The summed E-state index contributed by atoms with van der Waals surface area (Å²) >= 11 is 1.66. The van der Waals surface area contributed by atoms with Gasteiger partial charge in [-0.15, -0.1) is 11.3 Å². The second-order valence-corrected chi connectivity index (χ2v) is 9.42. The molecule has 2 heterocycles. The van der Waals surface area contributed by atoms with Crippen LogP contribution in [-0.4, -0.2) is 33.4 Å². The molecule has 0 bridgehead atoms. The summed E-state index contributed by atoms with van der Waals surface area (Å²) in [5, 5.41) is 0.765. The summed E-state index contributed by atoms with van der Waals surface area (Å²) in [6.45, 7) is 2.37. The van der Waals surface area contributed by atoms with Crippen LogP contribution in [0.25, 0.3) is 10.2 Å². The molecule has 27 heavy (non-hydrogen) atoms. The van der Waals surface area contributed by atoms with Crippen molar-refractivity contribution in [1.82, 2.24) is 14.5 Å². The maximum atomic E-state index is 13.1. The lowest BCUT2D eigenvalue weighted by Crippen LogP contribution is -2.42. The van der Waals surface area contributed by atoms with Gasteiger partial charge in [-0.3, -0.25) is 14.2 Å². The molecule has 0 atom stereocenters. The number of carbonyl (C=O) groups excluding carboxylic acids is 1. The minimum Gasteiger partial charge on any atom is -0.341 e. The van der Waals surface area contributed by atoms with Crippen LogP contribution in [0.1, 0.15) is 62.3 Å². The molecule has 2 aromatic rings. The summed E-state index contributed by atoms with van der Waals surface area (Å²) in [6.07, 6.45) is 11.6. The Kier molecular flexibility index (Phi) is 5.35. The van der Waals surface area contributed by atoms with Crippen LogP contribution < -0.4 is 5.56 Å². The highest BCUT2D eigenvalue weighted by Gasteiger charge is 2.26. The van der Waals surface area contributed by atoms with E-state index in [0.29, 0.717) is 6.04 Å². The standard InChI is InChI=1S/C21H29N3O2S/c1-14-8-10-15(11-9-14)23(2)18(25)12-24-13-22-20-19(21(24)26)16-6-4-3-5-7-17(16)27-20/h13-15H,3-12H2,1-2H3. The second-order valence-electron chi connectivity index (χ2n) is 8.34. The Balaban J connectivity index is 1.57. The molecule has 146 valence electrons. The van der Waals surface area contributed by atoms with E-state index < -0.39 is 0 Å². The van der Waals surface area contributed by atoms with Crippen molar-refractivity contribution < 1.29 is 4.79 Å². The van der Waals surface area contributed by atoms with Crippen LogP contribution in [0.5, 0.6) is 0 Å². The highest BCUT2D eigenvalue weighted by atomic mass is 32.1. The predicted molar refractivity (Wildman–Crippen MR) is 109 cm³/mol. The van der Waals surface area contributed by atoms with Crippen molar-refractivity contribution >= 4 is 27.5 Å². The van der Waals surface area contributed by atoms with Gasteiger partial charge in [-0.25, -0.2) is 4.98 Å². The molecule has 1 amide bonds. The fourth-order valence-electron chi connectivity index (χ4n) is 4.56. The molecule has 5 nitrogen and oxygen atoms in total. The first-order valence-corrected chi connectivity index (χ1v) is 11.1. The lowest BCUT2D eigenvalue weighted by atomic mass is 9.87. The van der Waals surface area contributed by atoms with Crippen LogP contribution in [-0.2, 0) is 24.2 Å². The molecule has 0 aliphatic heterocycles. The molecule has 6 heteroatoms. The number of rotatable bonds is 3. The van der Waals surface area contributed by atoms with Crippen LogP contribution in [0, 0.1) is 5.92 Å². The summed E-state index contributed by atoms with van der Waals surface area (Å²) in [4.78, 5) is 34.5. The molecule has 4 rings (SSSR count). The summed E-state index contributed by atoms with van der Waals surface area (Å²) in [6, 6.07) is 0.304.